The standard InChI is InChI=1S/C26H22ClN3O2S/c27-17-10-11-23-22(12-17)30-26(32)24(33-23)13-25(31)29-14-19(16-6-2-1-3-7-16)20-15-28-21-9-5-4-8-18(20)21/h1-12,15,19,24,28H,13-14H2,(H,29,31)(H,30,32). The van der Waals surface area contributed by atoms with Crippen molar-refractivity contribution in [2.24, 2.45) is 0 Å². The van der Waals surface area contributed by atoms with Crippen LogP contribution < -0.4 is 10.6 Å². The molecule has 3 N–H and O–H groups in total. The number of anilines is 1. The van der Waals surface area contributed by atoms with Gasteiger partial charge in [-0.25, -0.2) is 0 Å². The molecule has 0 bridgehead atoms. The first kappa shape index (κ1) is 21.6. The van der Waals surface area contributed by atoms with Crippen molar-refractivity contribution in [1.82, 2.24) is 10.3 Å². The predicted octanol–water partition coefficient (Wildman–Crippen LogP) is 5.57. The third-order valence-electron chi connectivity index (χ3n) is 5.83. The summed E-state index contributed by atoms with van der Waals surface area (Å²) in [7, 11) is 0. The molecule has 2 atom stereocenters. The molecule has 1 aliphatic rings. The Balaban J connectivity index is 1.31. The molecule has 0 aliphatic carbocycles. The number of hydrogen-bond donors (Lipinski definition) is 3. The Morgan fingerprint density at radius 1 is 1.06 bits per heavy atom. The van der Waals surface area contributed by atoms with Crippen LogP contribution in [0.15, 0.2) is 83.9 Å². The first-order valence-corrected chi connectivity index (χ1v) is 12.0. The van der Waals surface area contributed by atoms with Crippen LogP contribution in [0.3, 0.4) is 0 Å². The molecule has 5 nitrogen and oxygen atoms in total. The van der Waals surface area contributed by atoms with E-state index >= 15 is 0 Å². The minimum atomic E-state index is -0.484. The van der Waals surface area contributed by atoms with Crippen LogP contribution >= 0.6 is 23.4 Å². The largest absolute Gasteiger partial charge is 0.361 e. The van der Waals surface area contributed by atoms with Gasteiger partial charge >= 0.3 is 0 Å². The summed E-state index contributed by atoms with van der Waals surface area (Å²) in [5.41, 5.74) is 4.01. The van der Waals surface area contributed by atoms with E-state index in [1.807, 2.05) is 48.7 Å². The van der Waals surface area contributed by atoms with Crippen LogP contribution in [0.25, 0.3) is 10.9 Å². The van der Waals surface area contributed by atoms with Crippen LogP contribution in [0.1, 0.15) is 23.5 Å². The van der Waals surface area contributed by atoms with E-state index in [0.717, 1.165) is 26.9 Å². The van der Waals surface area contributed by atoms with Gasteiger partial charge in [0.15, 0.2) is 0 Å². The Hall–Kier alpha value is -3.22. The van der Waals surface area contributed by atoms with Gasteiger partial charge in [-0.05, 0) is 35.4 Å². The highest BCUT2D eigenvalue weighted by Gasteiger charge is 2.29. The number of halogens is 1. The molecule has 0 spiro atoms. The number of aromatic amines is 1. The van der Waals surface area contributed by atoms with Gasteiger partial charge in [0.2, 0.25) is 11.8 Å². The lowest BCUT2D eigenvalue weighted by atomic mass is 9.91. The quantitative estimate of drug-likeness (QED) is 0.341. The van der Waals surface area contributed by atoms with Crippen molar-refractivity contribution in [2.45, 2.75) is 22.5 Å². The van der Waals surface area contributed by atoms with Crippen molar-refractivity contribution in [1.29, 1.82) is 0 Å². The zero-order valence-corrected chi connectivity index (χ0v) is 19.2. The number of nitrogens with one attached hydrogen (secondary N) is 3. The Morgan fingerprint density at radius 3 is 2.70 bits per heavy atom. The number of amides is 2. The van der Waals surface area contributed by atoms with E-state index in [9.17, 15) is 9.59 Å². The first-order chi connectivity index (χ1) is 16.1. The van der Waals surface area contributed by atoms with Crippen LogP contribution in [0.2, 0.25) is 5.02 Å². The van der Waals surface area contributed by atoms with Crippen molar-refractivity contribution >= 4 is 51.8 Å². The topological polar surface area (TPSA) is 74.0 Å². The van der Waals surface area contributed by atoms with E-state index in [2.05, 4.69) is 33.8 Å². The Morgan fingerprint density at radius 2 is 1.85 bits per heavy atom. The third-order valence-corrected chi connectivity index (χ3v) is 7.34. The number of fused-ring (bicyclic) bond motifs is 2. The van der Waals surface area contributed by atoms with Crippen molar-refractivity contribution in [2.75, 3.05) is 11.9 Å². The maximum atomic E-state index is 12.9. The lowest BCUT2D eigenvalue weighted by molar-refractivity contribution is -0.124. The zero-order valence-electron chi connectivity index (χ0n) is 17.7. The summed E-state index contributed by atoms with van der Waals surface area (Å²) >= 11 is 7.41. The van der Waals surface area contributed by atoms with E-state index in [1.165, 1.54) is 11.8 Å². The van der Waals surface area contributed by atoms with E-state index in [1.54, 1.807) is 12.1 Å². The molecule has 3 aromatic carbocycles. The molecule has 0 saturated heterocycles. The van der Waals surface area contributed by atoms with E-state index in [-0.39, 0.29) is 24.2 Å². The van der Waals surface area contributed by atoms with Gasteiger partial charge in [0.05, 0.1) is 10.9 Å². The molecule has 1 aliphatic heterocycles. The molecular formula is C26H22ClN3O2S. The second kappa shape index (κ2) is 9.33. The summed E-state index contributed by atoms with van der Waals surface area (Å²) in [6, 6.07) is 23.7. The predicted molar refractivity (Wildman–Crippen MR) is 134 cm³/mol. The number of benzene rings is 3. The molecule has 0 saturated carbocycles. The molecule has 0 radical (unpaired) electrons. The van der Waals surface area contributed by atoms with Gasteiger partial charge in [-0.15, -0.1) is 11.8 Å². The highest BCUT2D eigenvalue weighted by atomic mass is 35.5. The average molecular weight is 476 g/mol. The Bertz CT molecular complexity index is 1320. The highest BCUT2D eigenvalue weighted by Crippen LogP contribution is 2.38. The van der Waals surface area contributed by atoms with Crippen LogP contribution in [0.4, 0.5) is 5.69 Å². The monoisotopic (exact) mass is 475 g/mol. The smallest absolute Gasteiger partial charge is 0.238 e. The molecule has 2 heterocycles. The van der Waals surface area contributed by atoms with Gasteiger partial charge in [0.25, 0.3) is 0 Å². The summed E-state index contributed by atoms with van der Waals surface area (Å²) in [5.74, 6) is -0.344. The summed E-state index contributed by atoms with van der Waals surface area (Å²) in [5, 5.41) is 7.15. The van der Waals surface area contributed by atoms with Crippen LogP contribution in [-0.2, 0) is 9.59 Å². The van der Waals surface area contributed by atoms with Gasteiger partial charge < -0.3 is 15.6 Å². The molecule has 2 amide bonds. The minimum Gasteiger partial charge on any atom is -0.361 e. The lowest BCUT2D eigenvalue weighted by Gasteiger charge is -2.24. The first-order valence-electron chi connectivity index (χ1n) is 10.7. The van der Waals surface area contributed by atoms with Crippen molar-refractivity contribution in [3.8, 4) is 0 Å². The van der Waals surface area contributed by atoms with Crippen LogP contribution in [-0.4, -0.2) is 28.6 Å². The summed E-state index contributed by atoms with van der Waals surface area (Å²) in [4.78, 5) is 29.6. The van der Waals surface area contributed by atoms with Gasteiger partial charge in [-0.2, -0.15) is 0 Å². The maximum absolute atomic E-state index is 12.9. The van der Waals surface area contributed by atoms with Gasteiger partial charge in [0.1, 0.15) is 0 Å². The number of carbonyl (C=O) groups excluding carboxylic acids is 2. The molecule has 4 aromatic rings. The normalized spacial score (nSPS) is 16.2. The number of hydrogen-bond acceptors (Lipinski definition) is 3. The van der Waals surface area contributed by atoms with E-state index < -0.39 is 5.25 Å². The fraction of sp³-hybridized carbons (Fsp3) is 0.154. The number of thioether (sulfide) groups is 1. The number of para-hydroxylation sites is 1. The van der Waals surface area contributed by atoms with Crippen molar-refractivity contribution in [3.63, 3.8) is 0 Å². The molecule has 33 heavy (non-hydrogen) atoms. The average Bonchev–Trinajstić information content (AvgIpc) is 3.25. The summed E-state index contributed by atoms with van der Waals surface area (Å²) < 4.78 is 0. The maximum Gasteiger partial charge on any atom is 0.238 e. The molecule has 2 unspecified atom stereocenters. The van der Waals surface area contributed by atoms with E-state index in [0.29, 0.717) is 17.3 Å². The zero-order chi connectivity index (χ0) is 22.8. The molecule has 0 fully saturated rings. The summed E-state index contributed by atoms with van der Waals surface area (Å²) in [6.07, 6.45) is 2.12. The fourth-order valence-corrected chi connectivity index (χ4v) is 5.45. The van der Waals surface area contributed by atoms with Gasteiger partial charge in [-0.3, -0.25) is 9.59 Å². The second-order valence-corrected chi connectivity index (χ2v) is 9.68. The molecule has 7 heteroatoms. The van der Waals surface area contributed by atoms with Gasteiger partial charge in [-0.1, -0.05) is 60.1 Å². The van der Waals surface area contributed by atoms with Crippen LogP contribution in [0, 0.1) is 0 Å². The fourth-order valence-electron chi connectivity index (χ4n) is 4.19. The number of rotatable bonds is 6. The number of H-pyrrole nitrogens is 1. The van der Waals surface area contributed by atoms with E-state index in [4.69, 9.17) is 11.6 Å². The second-order valence-electron chi connectivity index (χ2n) is 8.00. The number of carbonyl (C=O) groups is 2. The summed E-state index contributed by atoms with van der Waals surface area (Å²) in [6.45, 7) is 0.440. The molecular weight excluding hydrogens is 454 g/mol. The lowest BCUT2D eigenvalue weighted by Crippen LogP contribution is -2.36. The number of aromatic nitrogens is 1. The Kier molecular flexibility index (Phi) is 6.11. The van der Waals surface area contributed by atoms with Gasteiger partial charge in [0, 0.05) is 45.9 Å². The molecule has 166 valence electrons. The molecule has 1 aromatic heterocycles. The third kappa shape index (κ3) is 4.63. The van der Waals surface area contributed by atoms with Crippen molar-refractivity contribution in [3.05, 3.63) is 95.1 Å². The minimum absolute atomic E-state index is 0.0120. The SMILES string of the molecule is O=C(CC1Sc2ccc(Cl)cc2NC1=O)NCC(c1ccccc1)c1c[nH]c2ccccc12. The van der Waals surface area contributed by atoms with Crippen molar-refractivity contribution < 1.29 is 9.59 Å². The molecule has 5 rings (SSSR count). The Labute approximate surface area is 200 Å². The van der Waals surface area contributed by atoms with Crippen LogP contribution in [0.5, 0.6) is 0 Å². The highest BCUT2D eigenvalue weighted by molar-refractivity contribution is 8.01.